The molecule has 1 aliphatic heterocycles. The molecular weight excluding hydrogens is 232 g/mol. The third kappa shape index (κ3) is 2.06. The highest BCUT2D eigenvalue weighted by Crippen LogP contribution is 2.39. The fourth-order valence-corrected chi connectivity index (χ4v) is 3.28. The van der Waals surface area contributed by atoms with Crippen molar-refractivity contribution in [2.45, 2.75) is 63.2 Å². The Bertz CT molecular complexity index is 374. The highest BCUT2D eigenvalue weighted by atomic mass is 17.2. The molecule has 2 atom stereocenters. The lowest BCUT2D eigenvalue weighted by Gasteiger charge is -2.41. The molecule has 0 aromatic carbocycles. The third-order valence-electron chi connectivity index (χ3n) is 4.30. The molecule has 0 saturated heterocycles. The van der Waals surface area contributed by atoms with Crippen LogP contribution < -0.4 is 5.73 Å². The Morgan fingerprint density at radius 2 is 2.06 bits per heavy atom. The summed E-state index contributed by atoms with van der Waals surface area (Å²) in [7, 11) is 0. The van der Waals surface area contributed by atoms with Gasteiger partial charge in [-0.3, -0.25) is 9.79 Å². The Labute approximate surface area is 107 Å². The Hall–Kier alpha value is -0.940. The standard InChI is InChI=1S/C13H20N2O3/c14-12(16)9-5-4-6-10-11(9)17-18-13(15-10)7-2-1-3-8-13/h9,11H,1-8H2,(H2,14,16). The summed E-state index contributed by atoms with van der Waals surface area (Å²) in [5.41, 5.74) is 5.93. The second-order valence-corrected chi connectivity index (χ2v) is 5.61. The average molecular weight is 252 g/mol. The maximum atomic E-state index is 11.4. The Morgan fingerprint density at radius 1 is 1.28 bits per heavy atom. The van der Waals surface area contributed by atoms with Crippen molar-refractivity contribution in [3.05, 3.63) is 0 Å². The molecule has 1 heterocycles. The van der Waals surface area contributed by atoms with E-state index in [2.05, 4.69) is 0 Å². The quantitative estimate of drug-likeness (QED) is 0.722. The van der Waals surface area contributed by atoms with Crippen LogP contribution in [0.5, 0.6) is 0 Å². The Morgan fingerprint density at radius 3 is 2.78 bits per heavy atom. The molecule has 100 valence electrons. The van der Waals surface area contributed by atoms with Crippen molar-refractivity contribution in [2.75, 3.05) is 0 Å². The molecule has 5 nitrogen and oxygen atoms in total. The van der Waals surface area contributed by atoms with E-state index in [0.29, 0.717) is 0 Å². The van der Waals surface area contributed by atoms with Gasteiger partial charge in [0.05, 0.1) is 5.92 Å². The average Bonchev–Trinajstić information content (AvgIpc) is 2.38. The lowest BCUT2D eigenvalue weighted by Crippen LogP contribution is -2.50. The molecule has 2 fully saturated rings. The summed E-state index contributed by atoms with van der Waals surface area (Å²) in [6.45, 7) is 0. The molecule has 0 aromatic heterocycles. The van der Waals surface area contributed by atoms with Crippen LogP contribution in [0.3, 0.4) is 0 Å². The van der Waals surface area contributed by atoms with Crippen LogP contribution in [0.4, 0.5) is 0 Å². The monoisotopic (exact) mass is 252 g/mol. The second kappa shape index (κ2) is 4.63. The predicted molar refractivity (Wildman–Crippen MR) is 65.7 cm³/mol. The molecule has 1 spiro atoms. The van der Waals surface area contributed by atoms with E-state index in [9.17, 15) is 4.79 Å². The maximum Gasteiger partial charge on any atom is 0.223 e. The van der Waals surface area contributed by atoms with Crippen molar-refractivity contribution < 1.29 is 14.6 Å². The summed E-state index contributed by atoms with van der Waals surface area (Å²) in [5, 5.41) is 0. The van der Waals surface area contributed by atoms with Crippen LogP contribution in [0.25, 0.3) is 0 Å². The fourth-order valence-electron chi connectivity index (χ4n) is 3.28. The van der Waals surface area contributed by atoms with E-state index >= 15 is 0 Å². The van der Waals surface area contributed by atoms with Gasteiger partial charge in [0, 0.05) is 5.71 Å². The van der Waals surface area contributed by atoms with Gasteiger partial charge in [-0.25, -0.2) is 9.78 Å². The minimum atomic E-state index is -0.469. The van der Waals surface area contributed by atoms with Crippen molar-refractivity contribution in [3.8, 4) is 0 Å². The highest BCUT2D eigenvalue weighted by Gasteiger charge is 2.45. The normalized spacial score (nSPS) is 34.8. The van der Waals surface area contributed by atoms with E-state index in [4.69, 9.17) is 20.5 Å². The number of rotatable bonds is 1. The number of carbonyl (C=O) groups excluding carboxylic acids is 1. The zero-order chi connectivity index (χ0) is 12.6. The smallest absolute Gasteiger partial charge is 0.223 e. The molecule has 2 N–H and O–H groups in total. The lowest BCUT2D eigenvalue weighted by molar-refractivity contribution is -0.390. The van der Waals surface area contributed by atoms with E-state index in [1.54, 1.807) is 0 Å². The third-order valence-corrected chi connectivity index (χ3v) is 4.30. The largest absolute Gasteiger partial charge is 0.369 e. The summed E-state index contributed by atoms with van der Waals surface area (Å²) < 4.78 is 0. The first-order valence-corrected chi connectivity index (χ1v) is 6.93. The van der Waals surface area contributed by atoms with Crippen LogP contribution in [-0.2, 0) is 14.6 Å². The van der Waals surface area contributed by atoms with Crippen molar-refractivity contribution in [3.63, 3.8) is 0 Å². The number of hydrogen-bond donors (Lipinski definition) is 1. The number of primary amides is 1. The van der Waals surface area contributed by atoms with E-state index in [0.717, 1.165) is 50.7 Å². The van der Waals surface area contributed by atoms with E-state index in [-0.39, 0.29) is 17.9 Å². The predicted octanol–water partition coefficient (Wildman–Crippen LogP) is 1.70. The number of nitrogens with two attached hydrogens (primary N) is 1. The number of hydrogen-bond acceptors (Lipinski definition) is 4. The van der Waals surface area contributed by atoms with Gasteiger partial charge in [0.2, 0.25) is 5.91 Å². The van der Waals surface area contributed by atoms with Crippen molar-refractivity contribution >= 4 is 11.6 Å². The summed E-state index contributed by atoms with van der Waals surface area (Å²) in [4.78, 5) is 27.3. The molecule has 0 radical (unpaired) electrons. The van der Waals surface area contributed by atoms with Crippen LogP contribution in [0.2, 0.25) is 0 Å². The van der Waals surface area contributed by atoms with Crippen molar-refractivity contribution in [1.82, 2.24) is 0 Å². The van der Waals surface area contributed by atoms with Gasteiger partial charge in [-0.1, -0.05) is 6.42 Å². The van der Waals surface area contributed by atoms with Crippen molar-refractivity contribution in [1.29, 1.82) is 0 Å². The Kier molecular flexibility index (Phi) is 3.11. The summed E-state index contributed by atoms with van der Waals surface area (Å²) >= 11 is 0. The van der Waals surface area contributed by atoms with Gasteiger partial charge < -0.3 is 5.73 Å². The van der Waals surface area contributed by atoms with E-state index < -0.39 is 5.72 Å². The number of carbonyl (C=O) groups is 1. The molecule has 0 aromatic rings. The molecule has 1 amide bonds. The van der Waals surface area contributed by atoms with Crippen LogP contribution in [0.15, 0.2) is 4.99 Å². The first-order valence-electron chi connectivity index (χ1n) is 6.93. The molecule has 0 bridgehead atoms. The SMILES string of the molecule is NC(=O)C1CCCC2=NC3(CCCCC3)OOC21. The van der Waals surface area contributed by atoms with Gasteiger partial charge in [0.15, 0.2) is 5.72 Å². The van der Waals surface area contributed by atoms with Crippen LogP contribution >= 0.6 is 0 Å². The van der Waals surface area contributed by atoms with Gasteiger partial charge in [0.1, 0.15) is 6.10 Å². The minimum Gasteiger partial charge on any atom is -0.369 e. The number of amides is 1. The van der Waals surface area contributed by atoms with Crippen LogP contribution in [-0.4, -0.2) is 23.4 Å². The molecule has 3 rings (SSSR count). The molecule has 2 unspecified atom stereocenters. The molecule has 18 heavy (non-hydrogen) atoms. The van der Waals surface area contributed by atoms with Crippen LogP contribution in [0, 0.1) is 5.92 Å². The second-order valence-electron chi connectivity index (χ2n) is 5.61. The summed E-state index contributed by atoms with van der Waals surface area (Å²) in [6.07, 6.45) is 7.63. The Balaban J connectivity index is 1.83. The van der Waals surface area contributed by atoms with Gasteiger partial charge in [-0.2, -0.15) is 0 Å². The number of nitrogens with zero attached hydrogens (tertiary/aromatic N) is 1. The highest BCUT2D eigenvalue weighted by molar-refractivity contribution is 5.95. The van der Waals surface area contributed by atoms with Gasteiger partial charge >= 0.3 is 0 Å². The van der Waals surface area contributed by atoms with Crippen LogP contribution in [0.1, 0.15) is 51.4 Å². The topological polar surface area (TPSA) is 73.9 Å². The first-order chi connectivity index (χ1) is 8.70. The lowest BCUT2D eigenvalue weighted by atomic mass is 9.83. The molecule has 5 heteroatoms. The van der Waals surface area contributed by atoms with E-state index in [1.165, 1.54) is 6.42 Å². The number of fused-ring (bicyclic) bond motifs is 1. The summed E-state index contributed by atoms with van der Waals surface area (Å²) in [6, 6.07) is 0. The molecule has 2 saturated carbocycles. The minimum absolute atomic E-state index is 0.279. The first kappa shape index (κ1) is 12.1. The van der Waals surface area contributed by atoms with Gasteiger partial charge in [-0.15, -0.1) is 0 Å². The maximum absolute atomic E-state index is 11.4. The fraction of sp³-hybridized carbons (Fsp3) is 0.846. The zero-order valence-electron chi connectivity index (χ0n) is 10.6. The molecule has 2 aliphatic carbocycles. The van der Waals surface area contributed by atoms with E-state index in [1.807, 2.05) is 0 Å². The van der Waals surface area contributed by atoms with Crippen molar-refractivity contribution in [2.24, 2.45) is 16.6 Å². The molecular formula is C13H20N2O3. The molecule has 3 aliphatic rings. The summed E-state index contributed by atoms with van der Waals surface area (Å²) in [5.74, 6) is -0.589. The van der Waals surface area contributed by atoms with Gasteiger partial charge in [-0.05, 0) is 44.9 Å². The van der Waals surface area contributed by atoms with Gasteiger partial charge in [0.25, 0.3) is 0 Å². The zero-order valence-corrected chi connectivity index (χ0v) is 10.6. The number of aliphatic imine (C=N–C) groups is 1.